The molecule has 172 valence electrons. The number of rotatable bonds is 4. The van der Waals surface area contributed by atoms with E-state index in [-0.39, 0.29) is 28.2 Å². The average Bonchev–Trinajstić information content (AvgIpc) is 3.33. The first-order valence-electron chi connectivity index (χ1n) is 10.7. The first kappa shape index (κ1) is 21.8. The lowest BCUT2D eigenvalue weighted by molar-refractivity contribution is -0.139. The summed E-state index contributed by atoms with van der Waals surface area (Å²) in [5.41, 5.74) is 2.70. The molecule has 0 fully saturated rings. The standard InChI is InChI=1S/C25H21N3O5S/c1-4-33-24(31)18-13(2)26-25-28(20(18)14-9-11-15(32-3)12-10-14)23(30)21(34-25)19-16-7-5-6-8-17(16)27-22(19)29/h5-12,20H,4H2,1-3H3,(H,27,29). The van der Waals surface area contributed by atoms with Gasteiger partial charge in [0, 0.05) is 11.3 Å². The summed E-state index contributed by atoms with van der Waals surface area (Å²) in [5, 5.41) is 2.82. The number of para-hydroxylation sites is 1. The highest BCUT2D eigenvalue weighted by atomic mass is 32.1. The monoisotopic (exact) mass is 475 g/mol. The number of methoxy groups -OCH3 is 1. The number of allylic oxidation sites excluding steroid dienone is 1. The minimum absolute atomic E-state index is 0.191. The highest BCUT2D eigenvalue weighted by Gasteiger charge is 2.35. The molecule has 2 aliphatic rings. The molecule has 8 nitrogen and oxygen atoms in total. The fourth-order valence-electron chi connectivity index (χ4n) is 4.29. The lowest BCUT2D eigenvalue weighted by Gasteiger charge is -2.24. The lowest BCUT2D eigenvalue weighted by atomic mass is 9.96. The van der Waals surface area contributed by atoms with Gasteiger partial charge < -0.3 is 14.8 Å². The van der Waals surface area contributed by atoms with Gasteiger partial charge in [0.1, 0.15) is 10.3 Å². The molecule has 0 spiro atoms. The summed E-state index contributed by atoms with van der Waals surface area (Å²) in [6, 6.07) is 13.6. The predicted molar refractivity (Wildman–Crippen MR) is 127 cm³/mol. The molecular weight excluding hydrogens is 454 g/mol. The number of amides is 1. The third-order valence-electron chi connectivity index (χ3n) is 5.82. The number of anilines is 1. The molecule has 0 bridgehead atoms. The number of esters is 1. The smallest absolute Gasteiger partial charge is 0.338 e. The lowest BCUT2D eigenvalue weighted by Crippen LogP contribution is -2.40. The van der Waals surface area contributed by atoms with Gasteiger partial charge >= 0.3 is 5.97 Å². The van der Waals surface area contributed by atoms with Crippen LogP contribution in [0.3, 0.4) is 0 Å². The Balaban J connectivity index is 1.80. The number of carbonyl (C=O) groups excluding carboxylic acids is 2. The summed E-state index contributed by atoms with van der Waals surface area (Å²) in [6.07, 6.45) is 0. The minimum atomic E-state index is -0.754. The van der Waals surface area contributed by atoms with Crippen LogP contribution >= 0.6 is 11.3 Å². The third kappa shape index (κ3) is 3.36. The van der Waals surface area contributed by atoms with Gasteiger partial charge in [-0.3, -0.25) is 14.2 Å². The maximum absolute atomic E-state index is 13.8. The normalized spacial score (nSPS) is 18.1. The first-order chi connectivity index (χ1) is 16.4. The predicted octanol–water partition coefficient (Wildman–Crippen LogP) is 2.13. The van der Waals surface area contributed by atoms with Gasteiger partial charge in [0.15, 0.2) is 4.80 Å². The van der Waals surface area contributed by atoms with Crippen molar-refractivity contribution in [2.24, 2.45) is 4.99 Å². The van der Waals surface area contributed by atoms with E-state index in [1.54, 1.807) is 57.4 Å². The summed E-state index contributed by atoms with van der Waals surface area (Å²) in [5.74, 6) is -0.226. The first-order valence-corrected chi connectivity index (χ1v) is 11.5. The molecular formula is C25H21N3O5S. The Kier molecular flexibility index (Phi) is 5.41. The van der Waals surface area contributed by atoms with Gasteiger partial charge in [-0.15, -0.1) is 0 Å². The molecule has 2 aliphatic heterocycles. The molecule has 34 heavy (non-hydrogen) atoms. The summed E-state index contributed by atoms with van der Waals surface area (Å²) in [7, 11) is 1.57. The minimum Gasteiger partial charge on any atom is -0.497 e. The van der Waals surface area contributed by atoms with Crippen LogP contribution in [0, 0.1) is 0 Å². The van der Waals surface area contributed by atoms with E-state index in [1.807, 2.05) is 12.1 Å². The van der Waals surface area contributed by atoms with E-state index < -0.39 is 12.0 Å². The number of thiazole rings is 1. The topological polar surface area (TPSA) is 99.0 Å². The van der Waals surface area contributed by atoms with Crippen LogP contribution in [0.2, 0.25) is 0 Å². The molecule has 1 unspecified atom stereocenters. The van der Waals surface area contributed by atoms with E-state index in [1.165, 1.54) is 4.57 Å². The number of aromatic nitrogens is 1. The van der Waals surface area contributed by atoms with Crippen LogP contribution in [-0.2, 0) is 14.3 Å². The van der Waals surface area contributed by atoms with Crippen molar-refractivity contribution in [1.82, 2.24) is 4.57 Å². The van der Waals surface area contributed by atoms with Crippen LogP contribution in [0.1, 0.15) is 31.0 Å². The molecule has 1 atom stereocenters. The van der Waals surface area contributed by atoms with Gasteiger partial charge in [0.2, 0.25) is 0 Å². The summed E-state index contributed by atoms with van der Waals surface area (Å²) in [6.45, 7) is 3.64. The van der Waals surface area contributed by atoms with Crippen LogP contribution in [0.4, 0.5) is 5.69 Å². The summed E-state index contributed by atoms with van der Waals surface area (Å²) >= 11 is 1.14. The second-order valence-electron chi connectivity index (χ2n) is 7.77. The van der Waals surface area contributed by atoms with Gasteiger partial charge in [0.25, 0.3) is 11.5 Å². The molecule has 1 aromatic heterocycles. The molecule has 1 amide bonds. The van der Waals surface area contributed by atoms with E-state index in [9.17, 15) is 14.4 Å². The van der Waals surface area contributed by atoms with Crippen LogP contribution < -0.4 is 24.9 Å². The molecule has 5 rings (SSSR count). The largest absolute Gasteiger partial charge is 0.497 e. The number of benzene rings is 2. The zero-order valence-electron chi connectivity index (χ0n) is 18.7. The van der Waals surface area contributed by atoms with Crippen LogP contribution in [0.15, 0.2) is 69.6 Å². The Bertz CT molecular complexity index is 1550. The van der Waals surface area contributed by atoms with Gasteiger partial charge in [-0.05, 0) is 37.6 Å². The highest BCUT2D eigenvalue weighted by molar-refractivity contribution is 7.07. The van der Waals surface area contributed by atoms with Crippen molar-refractivity contribution in [1.29, 1.82) is 0 Å². The molecule has 9 heteroatoms. The van der Waals surface area contributed by atoms with Crippen molar-refractivity contribution in [3.05, 3.63) is 90.6 Å². The molecule has 0 saturated carbocycles. The van der Waals surface area contributed by atoms with Crippen LogP contribution in [0.25, 0.3) is 5.57 Å². The van der Waals surface area contributed by atoms with Gasteiger partial charge in [-0.1, -0.05) is 41.7 Å². The number of hydrogen-bond acceptors (Lipinski definition) is 7. The molecule has 0 saturated heterocycles. The van der Waals surface area contributed by atoms with Crippen molar-refractivity contribution >= 4 is 34.5 Å². The maximum atomic E-state index is 13.8. The molecule has 0 radical (unpaired) electrons. The fourth-order valence-corrected chi connectivity index (χ4v) is 5.43. The Hall–Kier alpha value is -3.98. The van der Waals surface area contributed by atoms with Gasteiger partial charge in [-0.25, -0.2) is 9.79 Å². The number of nitrogens with one attached hydrogen (secondary N) is 1. The fraction of sp³-hybridized carbons (Fsp3) is 0.200. The van der Waals surface area contributed by atoms with Crippen molar-refractivity contribution in [3.8, 4) is 5.75 Å². The van der Waals surface area contributed by atoms with E-state index in [4.69, 9.17) is 9.47 Å². The van der Waals surface area contributed by atoms with Crippen molar-refractivity contribution in [3.63, 3.8) is 0 Å². The second-order valence-corrected chi connectivity index (χ2v) is 8.75. The van der Waals surface area contributed by atoms with Crippen molar-refractivity contribution in [2.75, 3.05) is 19.0 Å². The second kappa shape index (κ2) is 8.42. The molecule has 0 aliphatic carbocycles. The van der Waals surface area contributed by atoms with E-state index in [0.29, 0.717) is 38.6 Å². The number of hydrogen-bond donors (Lipinski definition) is 1. The van der Waals surface area contributed by atoms with Crippen molar-refractivity contribution in [2.45, 2.75) is 19.9 Å². The zero-order chi connectivity index (χ0) is 24.0. The van der Waals surface area contributed by atoms with Crippen LogP contribution in [0.5, 0.6) is 5.75 Å². The number of carbonyl (C=O) groups is 2. The maximum Gasteiger partial charge on any atom is 0.338 e. The summed E-state index contributed by atoms with van der Waals surface area (Å²) in [4.78, 5) is 44.6. The Labute approximate surface area is 198 Å². The molecule has 3 aromatic rings. The summed E-state index contributed by atoms with van der Waals surface area (Å²) < 4.78 is 12.3. The Morgan fingerprint density at radius 1 is 1.15 bits per heavy atom. The van der Waals surface area contributed by atoms with Gasteiger partial charge in [0.05, 0.1) is 36.6 Å². The third-order valence-corrected chi connectivity index (χ3v) is 6.88. The zero-order valence-corrected chi connectivity index (χ0v) is 19.6. The van der Waals surface area contributed by atoms with Crippen LogP contribution in [-0.4, -0.2) is 30.2 Å². The molecule has 1 N–H and O–H groups in total. The Morgan fingerprint density at radius 2 is 1.88 bits per heavy atom. The number of fused-ring (bicyclic) bond motifs is 2. The Morgan fingerprint density at radius 3 is 2.59 bits per heavy atom. The number of nitrogens with zero attached hydrogens (tertiary/aromatic N) is 2. The highest BCUT2D eigenvalue weighted by Crippen LogP contribution is 2.32. The molecule has 2 aromatic carbocycles. The van der Waals surface area contributed by atoms with E-state index in [2.05, 4.69) is 10.3 Å². The van der Waals surface area contributed by atoms with E-state index in [0.717, 1.165) is 11.3 Å². The quantitative estimate of drug-likeness (QED) is 0.583. The number of ether oxygens (including phenoxy) is 2. The molecule has 3 heterocycles. The van der Waals surface area contributed by atoms with Crippen molar-refractivity contribution < 1.29 is 19.1 Å². The van der Waals surface area contributed by atoms with E-state index >= 15 is 0 Å². The van der Waals surface area contributed by atoms with Gasteiger partial charge in [-0.2, -0.15) is 0 Å². The SMILES string of the molecule is CCOC(=O)C1=C(C)N=c2sc(=C3C(=O)Nc4ccccc43)c(=O)n2C1c1ccc(OC)cc1. The average molecular weight is 476 g/mol.